The normalized spacial score (nSPS) is 26.0. The molecule has 3 heterocycles. The fourth-order valence-corrected chi connectivity index (χ4v) is 5.84. The van der Waals surface area contributed by atoms with Crippen LogP contribution in [0.3, 0.4) is 0 Å². The topological polar surface area (TPSA) is 104 Å². The van der Waals surface area contributed by atoms with Crippen LogP contribution in [0.4, 0.5) is 16.2 Å². The highest BCUT2D eigenvalue weighted by molar-refractivity contribution is 9.10. The summed E-state index contributed by atoms with van der Waals surface area (Å²) < 4.78 is 6.38. The number of para-hydroxylation sites is 1. The summed E-state index contributed by atoms with van der Waals surface area (Å²) in [6.45, 7) is 8.12. The van der Waals surface area contributed by atoms with Gasteiger partial charge in [0.2, 0.25) is 0 Å². The van der Waals surface area contributed by atoms with E-state index in [1.54, 1.807) is 4.90 Å². The predicted molar refractivity (Wildman–Crippen MR) is 149 cm³/mol. The Balaban J connectivity index is 1.09. The van der Waals surface area contributed by atoms with Gasteiger partial charge < -0.3 is 30.4 Å². The Bertz CT molecular complexity index is 1370. The molecule has 2 aromatic rings. The molecule has 3 aliphatic heterocycles. The first-order chi connectivity index (χ1) is 18.2. The van der Waals surface area contributed by atoms with Crippen molar-refractivity contribution >= 4 is 50.6 Å². The van der Waals surface area contributed by atoms with Crippen LogP contribution in [0.5, 0.6) is 0 Å². The van der Waals surface area contributed by atoms with Crippen LogP contribution < -0.4 is 16.0 Å². The first kappa shape index (κ1) is 24.9. The van der Waals surface area contributed by atoms with E-state index in [1.807, 2.05) is 63.2 Å². The van der Waals surface area contributed by atoms with Gasteiger partial charge in [-0.1, -0.05) is 39.3 Å². The minimum absolute atomic E-state index is 0.177. The third-order valence-corrected chi connectivity index (χ3v) is 7.72. The number of anilines is 2. The number of ether oxygens (including phenoxy) is 1. The molecule has 2 aromatic carbocycles. The van der Waals surface area contributed by atoms with Gasteiger partial charge in [-0.25, -0.2) is 4.79 Å². The molecule has 0 radical (unpaired) electrons. The van der Waals surface area contributed by atoms with Crippen molar-refractivity contribution in [2.24, 2.45) is 17.0 Å². The highest BCUT2D eigenvalue weighted by Gasteiger charge is 2.56. The molecule has 38 heavy (non-hydrogen) atoms. The molecule has 1 saturated heterocycles. The number of likely N-dealkylation sites (tertiary alicyclic amines) is 1. The second-order valence-corrected chi connectivity index (χ2v) is 11.9. The monoisotopic (exact) mass is 579 g/mol. The molecule has 6 rings (SSSR count). The molecule has 1 saturated carbocycles. The lowest BCUT2D eigenvalue weighted by molar-refractivity contribution is -0.110. The van der Waals surface area contributed by atoms with Gasteiger partial charge in [0.15, 0.2) is 0 Å². The number of hydrogen-bond donors (Lipinski definition) is 3. The minimum atomic E-state index is -0.479. The van der Waals surface area contributed by atoms with Crippen LogP contribution in [0.25, 0.3) is 5.57 Å². The summed E-state index contributed by atoms with van der Waals surface area (Å²) in [6.07, 6.45) is -0.232. The maximum Gasteiger partial charge on any atom is 0.410 e. The van der Waals surface area contributed by atoms with Gasteiger partial charge in [0.1, 0.15) is 17.9 Å². The molecule has 0 bridgehead atoms. The first-order valence-corrected chi connectivity index (χ1v) is 13.6. The van der Waals surface area contributed by atoms with Gasteiger partial charge in [-0.2, -0.15) is 0 Å². The summed E-state index contributed by atoms with van der Waals surface area (Å²) in [4.78, 5) is 32.8. The number of benzene rings is 2. The molecule has 9 nitrogen and oxygen atoms in total. The zero-order valence-corrected chi connectivity index (χ0v) is 23.1. The van der Waals surface area contributed by atoms with Crippen molar-refractivity contribution in [2.75, 3.05) is 36.9 Å². The SMILES string of the molecule is CC(C)(C)OC(=O)N1CC2C(C1)C2NCCO/N=C1/C(=C2/C(=O)Nc3ccc(Br)cc32)Nc2ccccc21. The Kier molecular flexibility index (Phi) is 6.19. The average Bonchev–Trinajstić information content (AvgIpc) is 3.19. The Labute approximate surface area is 229 Å². The number of rotatable bonds is 5. The lowest BCUT2D eigenvalue weighted by Crippen LogP contribution is -2.39. The molecule has 4 aliphatic rings. The quantitative estimate of drug-likeness (QED) is 0.275. The van der Waals surface area contributed by atoms with Gasteiger partial charge in [-0.05, 0) is 56.9 Å². The van der Waals surface area contributed by atoms with Crippen molar-refractivity contribution in [1.82, 2.24) is 10.2 Å². The van der Waals surface area contributed by atoms with Crippen LogP contribution in [-0.4, -0.2) is 60.5 Å². The van der Waals surface area contributed by atoms with Gasteiger partial charge in [0.25, 0.3) is 5.91 Å². The van der Waals surface area contributed by atoms with Crippen molar-refractivity contribution in [3.63, 3.8) is 0 Å². The van der Waals surface area contributed by atoms with E-state index in [4.69, 9.17) is 9.57 Å². The first-order valence-electron chi connectivity index (χ1n) is 12.8. The van der Waals surface area contributed by atoms with Crippen LogP contribution in [0.2, 0.25) is 0 Å². The lowest BCUT2D eigenvalue weighted by Gasteiger charge is -2.26. The van der Waals surface area contributed by atoms with Gasteiger partial charge in [-0.3, -0.25) is 4.79 Å². The highest BCUT2D eigenvalue weighted by atomic mass is 79.9. The summed E-state index contributed by atoms with van der Waals surface area (Å²) in [7, 11) is 0. The van der Waals surface area contributed by atoms with E-state index in [2.05, 4.69) is 37.0 Å². The Morgan fingerprint density at radius 3 is 2.61 bits per heavy atom. The van der Waals surface area contributed by atoms with Crippen molar-refractivity contribution in [3.05, 3.63) is 63.8 Å². The van der Waals surface area contributed by atoms with Crippen molar-refractivity contribution in [1.29, 1.82) is 0 Å². The van der Waals surface area contributed by atoms with Gasteiger partial charge in [-0.15, -0.1) is 0 Å². The van der Waals surface area contributed by atoms with Crippen LogP contribution >= 0.6 is 15.9 Å². The number of carbonyl (C=O) groups is 2. The predicted octanol–water partition coefficient (Wildman–Crippen LogP) is 4.41. The minimum Gasteiger partial charge on any atom is -0.444 e. The van der Waals surface area contributed by atoms with Crippen LogP contribution in [-0.2, 0) is 14.4 Å². The number of nitrogens with zero attached hydrogens (tertiary/aromatic N) is 2. The molecule has 0 spiro atoms. The molecule has 198 valence electrons. The molecule has 3 N–H and O–H groups in total. The summed E-state index contributed by atoms with van der Waals surface area (Å²) in [6, 6.07) is 13.9. The Morgan fingerprint density at radius 2 is 1.84 bits per heavy atom. The number of allylic oxidation sites excluding steroid dienone is 1. The van der Waals surface area contributed by atoms with E-state index in [-0.39, 0.29) is 12.0 Å². The van der Waals surface area contributed by atoms with Crippen LogP contribution in [0.15, 0.2) is 57.8 Å². The fourth-order valence-electron chi connectivity index (χ4n) is 5.48. The van der Waals surface area contributed by atoms with E-state index >= 15 is 0 Å². The van der Waals surface area contributed by atoms with E-state index in [0.29, 0.717) is 48.0 Å². The maximum atomic E-state index is 13.0. The third-order valence-electron chi connectivity index (χ3n) is 7.23. The van der Waals surface area contributed by atoms with E-state index in [1.165, 1.54) is 0 Å². The second kappa shape index (κ2) is 9.43. The molecule has 0 aromatic heterocycles. The van der Waals surface area contributed by atoms with E-state index in [0.717, 1.165) is 40.1 Å². The van der Waals surface area contributed by atoms with Gasteiger partial charge in [0.05, 0.1) is 11.3 Å². The molecule has 10 heteroatoms. The fraction of sp³-hybridized carbons (Fsp3) is 0.393. The molecule has 2 fully saturated rings. The molecular formula is C28H30BrN5O4. The van der Waals surface area contributed by atoms with Gasteiger partial charge in [0, 0.05) is 52.7 Å². The Morgan fingerprint density at radius 1 is 1.11 bits per heavy atom. The number of carbonyl (C=O) groups excluding carboxylic acids is 2. The number of halogens is 1. The number of nitrogens with one attached hydrogen (secondary N) is 3. The zero-order chi connectivity index (χ0) is 26.6. The van der Waals surface area contributed by atoms with E-state index < -0.39 is 5.60 Å². The summed E-state index contributed by atoms with van der Waals surface area (Å²) in [5.41, 5.74) is 4.65. The smallest absolute Gasteiger partial charge is 0.410 e. The largest absolute Gasteiger partial charge is 0.444 e. The lowest BCUT2D eigenvalue weighted by atomic mass is 10.0. The number of oxime groups is 1. The molecule has 2 amide bonds. The standard InChI is InChI=1S/C28H30BrN5O4/c1-28(2,3)38-27(36)34-13-18-19(14-34)23(18)30-10-11-37-33-24-16-6-4-5-7-20(16)31-25(24)22-17-12-15(29)8-9-21(17)32-26(22)35/h4-9,12,18-19,23,30-31H,10-11,13-14H2,1-3H3,(H,32,35)/b25-22-,33-24+. The summed E-state index contributed by atoms with van der Waals surface area (Å²) >= 11 is 3.51. The number of fused-ring (bicyclic) bond motifs is 3. The van der Waals surface area contributed by atoms with Crippen molar-refractivity contribution in [2.45, 2.75) is 32.4 Å². The molecule has 2 atom stereocenters. The Hall–Kier alpha value is -3.37. The maximum absolute atomic E-state index is 13.0. The molecular weight excluding hydrogens is 550 g/mol. The number of piperidine rings is 1. The molecule has 1 aliphatic carbocycles. The zero-order valence-electron chi connectivity index (χ0n) is 21.5. The number of hydrogen-bond acceptors (Lipinski definition) is 7. The van der Waals surface area contributed by atoms with Gasteiger partial charge >= 0.3 is 6.09 Å². The highest BCUT2D eigenvalue weighted by Crippen LogP contribution is 2.45. The van der Waals surface area contributed by atoms with Crippen LogP contribution in [0, 0.1) is 11.8 Å². The molecule has 2 unspecified atom stereocenters. The average molecular weight is 580 g/mol. The van der Waals surface area contributed by atoms with E-state index in [9.17, 15) is 9.59 Å². The number of amides is 2. The summed E-state index contributed by atoms with van der Waals surface area (Å²) in [5, 5.41) is 14.3. The third kappa shape index (κ3) is 4.67. The second-order valence-electron chi connectivity index (χ2n) is 11.0. The van der Waals surface area contributed by atoms with Crippen molar-refractivity contribution in [3.8, 4) is 0 Å². The van der Waals surface area contributed by atoms with Crippen LogP contribution in [0.1, 0.15) is 31.9 Å². The van der Waals surface area contributed by atoms with Crippen molar-refractivity contribution < 1.29 is 19.2 Å². The summed E-state index contributed by atoms with van der Waals surface area (Å²) in [5.74, 6) is 0.733.